The summed E-state index contributed by atoms with van der Waals surface area (Å²) in [5.74, 6) is 0.00591. The van der Waals surface area contributed by atoms with Crippen molar-refractivity contribution in [1.29, 1.82) is 0 Å². The summed E-state index contributed by atoms with van der Waals surface area (Å²) in [6, 6.07) is 18.0. The summed E-state index contributed by atoms with van der Waals surface area (Å²) in [7, 11) is 0. The third-order valence-corrected chi connectivity index (χ3v) is 3.72. The van der Waals surface area contributed by atoms with Gasteiger partial charge in [-0.25, -0.2) is 0 Å². The standard InChI is InChI=1S/C18H20N2O2/c21-18(12-15-13-22-11-10-19-15)20-17-9-5-4-8-16(17)14-6-2-1-3-7-14/h1-9,15,19H,10-13H2,(H,20,21). The molecule has 0 bridgehead atoms. The first-order valence-corrected chi connectivity index (χ1v) is 7.58. The van der Waals surface area contributed by atoms with Crippen molar-refractivity contribution in [3.8, 4) is 11.1 Å². The molecule has 2 aromatic carbocycles. The van der Waals surface area contributed by atoms with Crippen molar-refractivity contribution in [2.45, 2.75) is 12.5 Å². The van der Waals surface area contributed by atoms with Crippen molar-refractivity contribution in [1.82, 2.24) is 5.32 Å². The van der Waals surface area contributed by atoms with E-state index in [0.717, 1.165) is 30.0 Å². The number of ether oxygens (including phenoxy) is 1. The van der Waals surface area contributed by atoms with Crippen molar-refractivity contribution < 1.29 is 9.53 Å². The van der Waals surface area contributed by atoms with Crippen LogP contribution in [0.5, 0.6) is 0 Å². The highest BCUT2D eigenvalue weighted by molar-refractivity contribution is 5.95. The normalized spacial score (nSPS) is 17.9. The SMILES string of the molecule is O=C(CC1COCCN1)Nc1ccccc1-c1ccccc1. The van der Waals surface area contributed by atoms with E-state index in [0.29, 0.717) is 13.0 Å². The fourth-order valence-corrected chi connectivity index (χ4v) is 2.64. The van der Waals surface area contributed by atoms with E-state index in [2.05, 4.69) is 10.6 Å². The Labute approximate surface area is 130 Å². The van der Waals surface area contributed by atoms with Crippen LogP contribution in [-0.2, 0) is 9.53 Å². The van der Waals surface area contributed by atoms with E-state index in [1.165, 1.54) is 0 Å². The van der Waals surface area contributed by atoms with Crippen LogP contribution >= 0.6 is 0 Å². The molecular formula is C18H20N2O2. The van der Waals surface area contributed by atoms with Crippen molar-refractivity contribution in [2.24, 2.45) is 0 Å². The zero-order valence-corrected chi connectivity index (χ0v) is 12.4. The molecule has 0 saturated carbocycles. The number of morpholine rings is 1. The number of anilines is 1. The number of hydrogen-bond donors (Lipinski definition) is 2. The van der Waals surface area contributed by atoms with Crippen molar-refractivity contribution >= 4 is 11.6 Å². The molecule has 22 heavy (non-hydrogen) atoms. The highest BCUT2D eigenvalue weighted by atomic mass is 16.5. The molecule has 0 radical (unpaired) electrons. The highest BCUT2D eigenvalue weighted by Gasteiger charge is 2.17. The summed E-state index contributed by atoms with van der Waals surface area (Å²) in [5.41, 5.74) is 2.97. The van der Waals surface area contributed by atoms with Gasteiger partial charge in [-0.2, -0.15) is 0 Å². The fourth-order valence-electron chi connectivity index (χ4n) is 2.64. The molecule has 2 aromatic rings. The molecule has 0 aliphatic carbocycles. The summed E-state index contributed by atoms with van der Waals surface area (Å²) in [5, 5.41) is 6.32. The van der Waals surface area contributed by atoms with Crippen molar-refractivity contribution in [2.75, 3.05) is 25.1 Å². The summed E-state index contributed by atoms with van der Waals surface area (Å²) < 4.78 is 5.38. The van der Waals surface area contributed by atoms with Crippen molar-refractivity contribution in [3.63, 3.8) is 0 Å². The molecule has 4 nitrogen and oxygen atoms in total. The second kappa shape index (κ2) is 7.20. The molecule has 1 aliphatic rings. The van der Waals surface area contributed by atoms with E-state index in [-0.39, 0.29) is 11.9 Å². The molecule has 1 aliphatic heterocycles. The van der Waals surface area contributed by atoms with Crippen LogP contribution in [0.1, 0.15) is 6.42 Å². The second-order valence-electron chi connectivity index (χ2n) is 5.39. The molecule has 1 fully saturated rings. The Hall–Kier alpha value is -2.17. The number of rotatable bonds is 4. The zero-order valence-electron chi connectivity index (χ0n) is 12.4. The van der Waals surface area contributed by atoms with Gasteiger partial charge < -0.3 is 15.4 Å². The molecule has 1 saturated heterocycles. The van der Waals surface area contributed by atoms with Gasteiger partial charge >= 0.3 is 0 Å². The zero-order chi connectivity index (χ0) is 15.2. The van der Waals surface area contributed by atoms with Gasteiger partial charge in [-0.1, -0.05) is 48.5 Å². The molecule has 114 valence electrons. The van der Waals surface area contributed by atoms with Crippen LogP contribution in [-0.4, -0.2) is 31.7 Å². The lowest BCUT2D eigenvalue weighted by Gasteiger charge is -2.23. The Kier molecular flexibility index (Phi) is 4.83. The van der Waals surface area contributed by atoms with Gasteiger partial charge in [-0.15, -0.1) is 0 Å². The maximum absolute atomic E-state index is 12.3. The molecular weight excluding hydrogens is 276 g/mol. The highest BCUT2D eigenvalue weighted by Crippen LogP contribution is 2.27. The van der Waals surface area contributed by atoms with Crippen LogP contribution in [0.2, 0.25) is 0 Å². The Morgan fingerprint density at radius 2 is 1.91 bits per heavy atom. The number of nitrogens with one attached hydrogen (secondary N) is 2. The van der Waals surface area contributed by atoms with E-state index < -0.39 is 0 Å². The van der Waals surface area contributed by atoms with Crippen LogP contribution in [0.15, 0.2) is 54.6 Å². The minimum atomic E-state index is 0.00591. The van der Waals surface area contributed by atoms with Gasteiger partial charge in [0.15, 0.2) is 0 Å². The molecule has 4 heteroatoms. The Morgan fingerprint density at radius 3 is 2.68 bits per heavy atom. The summed E-state index contributed by atoms with van der Waals surface area (Å²) in [6.07, 6.45) is 0.420. The van der Waals surface area contributed by atoms with Crippen LogP contribution < -0.4 is 10.6 Å². The maximum atomic E-state index is 12.3. The van der Waals surface area contributed by atoms with E-state index in [9.17, 15) is 4.79 Å². The molecule has 1 heterocycles. The summed E-state index contributed by atoms with van der Waals surface area (Å²) in [4.78, 5) is 12.3. The first-order valence-electron chi connectivity index (χ1n) is 7.58. The summed E-state index contributed by atoms with van der Waals surface area (Å²) >= 11 is 0. The summed E-state index contributed by atoms with van der Waals surface area (Å²) in [6.45, 7) is 2.11. The average Bonchev–Trinajstić information content (AvgIpc) is 2.57. The number of benzene rings is 2. The number of carbonyl (C=O) groups excluding carboxylic acids is 1. The van der Waals surface area contributed by atoms with Gasteiger partial charge in [0, 0.05) is 30.3 Å². The predicted octanol–water partition coefficient (Wildman–Crippen LogP) is 2.67. The molecule has 0 spiro atoms. The van der Waals surface area contributed by atoms with Gasteiger partial charge in [-0.3, -0.25) is 4.79 Å². The number of hydrogen-bond acceptors (Lipinski definition) is 3. The van der Waals surface area contributed by atoms with E-state index >= 15 is 0 Å². The van der Waals surface area contributed by atoms with E-state index in [1.807, 2.05) is 54.6 Å². The average molecular weight is 296 g/mol. The maximum Gasteiger partial charge on any atom is 0.226 e. The molecule has 1 unspecified atom stereocenters. The fraction of sp³-hybridized carbons (Fsp3) is 0.278. The van der Waals surface area contributed by atoms with E-state index in [1.54, 1.807) is 0 Å². The van der Waals surface area contributed by atoms with Crippen LogP contribution in [0.25, 0.3) is 11.1 Å². The predicted molar refractivity (Wildman–Crippen MR) is 87.7 cm³/mol. The van der Waals surface area contributed by atoms with Crippen molar-refractivity contribution in [3.05, 3.63) is 54.6 Å². The number of amides is 1. The monoisotopic (exact) mass is 296 g/mol. The number of carbonyl (C=O) groups is 1. The number of para-hydroxylation sites is 1. The van der Waals surface area contributed by atoms with Gasteiger partial charge in [0.05, 0.1) is 13.2 Å². The van der Waals surface area contributed by atoms with Gasteiger partial charge in [0.25, 0.3) is 0 Å². The minimum Gasteiger partial charge on any atom is -0.378 e. The van der Waals surface area contributed by atoms with Gasteiger partial charge in [-0.05, 0) is 11.6 Å². The Balaban J connectivity index is 1.71. The first-order chi connectivity index (χ1) is 10.8. The molecule has 0 aromatic heterocycles. The van der Waals surface area contributed by atoms with Crippen LogP contribution in [0.3, 0.4) is 0 Å². The third kappa shape index (κ3) is 3.72. The topological polar surface area (TPSA) is 50.4 Å². The Morgan fingerprint density at radius 1 is 1.14 bits per heavy atom. The molecule has 2 N–H and O–H groups in total. The molecule has 1 atom stereocenters. The largest absolute Gasteiger partial charge is 0.378 e. The first kappa shape index (κ1) is 14.8. The Bertz CT molecular complexity index is 622. The quantitative estimate of drug-likeness (QED) is 0.912. The lowest BCUT2D eigenvalue weighted by molar-refractivity contribution is -0.117. The second-order valence-corrected chi connectivity index (χ2v) is 5.39. The lowest BCUT2D eigenvalue weighted by atomic mass is 10.0. The lowest BCUT2D eigenvalue weighted by Crippen LogP contribution is -2.43. The third-order valence-electron chi connectivity index (χ3n) is 3.72. The molecule has 1 amide bonds. The van der Waals surface area contributed by atoms with Crippen LogP contribution in [0, 0.1) is 0 Å². The van der Waals surface area contributed by atoms with E-state index in [4.69, 9.17) is 4.74 Å². The van der Waals surface area contributed by atoms with Gasteiger partial charge in [0.2, 0.25) is 5.91 Å². The minimum absolute atomic E-state index is 0.00591. The van der Waals surface area contributed by atoms with Crippen LogP contribution in [0.4, 0.5) is 5.69 Å². The smallest absolute Gasteiger partial charge is 0.226 e. The molecule has 3 rings (SSSR count). The van der Waals surface area contributed by atoms with Gasteiger partial charge in [0.1, 0.15) is 0 Å².